The lowest BCUT2D eigenvalue weighted by atomic mass is 9.95. The summed E-state index contributed by atoms with van der Waals surface area (Å²) >= 11 is 0. The Morgan fingerprint density at radius 1 is 0.972 bits per heavy atom. The fourth-order valence-corrected chi connectivity index (χ4v) is 3.65. The van der Waals surface area contributed by atoms with Crippen LogP contribution in [0.3, 0.4) is 0 Å². The SMILES string of the molecule is C[C@](N)(COP(=O)(O)O)C(=O)Nc1ccc(C(=O)c2ccc(-c3ccccc3)cc2)c(C(F)(F)F)c1. The number of benzene rings is 3. The molecule has 0 heterocycles. The van der Waals surface area contributed by atoms with Crippen molar-refractivity contribution >= 4 is 25.2 Å². The third-order valence-electron chi connectivity index (χ3n) is 5.13. The van der Waals surface area contributed by atoms with E-state index < -0.39 is 49.0 Å². The van der Waals surface area contributed by atoms with Crippen LogP contribution in [0.4, 0.5) is 18.9 Å². The number of ketones is 1. The highest BCUT2D eigenvalue weighted by Gasteiger charge is 2.37. The van der Waals surface area contributed by atoms with E-state index in [1.165, 1.54) is 12.1 Å². The summed E-state index contributed by atoms with van der Waals surface area (Å²) in [6, 6.07) is 18.0. The van der Waals surface area contributed by atoms with Gasteiger partial charge in [0.25, 0.3) is 0 Å². The molecular formula is C24H22F3N2O6P. The van der Waals surface area contributed by atoms with Crippen molar-refractivity contribution in [1.82, 2.24) is 0 Å². The first-order valence-electron chi connectivity index (χ1n) is 10.4. The minimum Gasteiger partial charge on any atom is -0.324 e. The molecule has 12 heteroatoms. The zero-order valence-corrected chi connectivity index (χ0v) is 19.7. The molecule has 3 aromatic rings. The zero-order valence-electron chi connectivity index (χ0n) is 18.8. The Morgan fingerprint density at radius 2 is 1.56 bits per heavy atom. The van der Waals surface area contributed by atoms with E-state index in [4.69, 9.17) is 15.5 Å². The van der Waals surface area contributed by atoms with Crippen molar-refractivity contribution in [2.45, 2.75) is 18.6 Å². The normalized spacial score (nSPS) is 13.6. The molecule has 0 radical (unpaired) electrons. The number of phosphoric ester groups is 1. The average molecular weight is 522 g/mol. The lowest BCUT2D eigenvalue weighted by molar-refractivity contribution is -0.138. The van der Waals surface area contributed by atoms with Gasteiger partial charge in [0, 0.05) is 16.8 Å². The molecule has 3 aromatic carbocycles. The Labute approximate surface area is 204 Å². The summed E-state index contributed by atoms with van der Waals surface area (Å²) in [6.07, 6.45) is -4.93. The number of phosphoric acid groups is 1. The maximum absolute atomic E-state index is 13.8. The summed E-state index contributed by atoms with van der Waals surface area (Å²) in [5.41, 5.74) is 3.21. The second kappa shape index (κ2) is 10.3. The smallest absolute Gasteiger partial charge is 0.324 e. The van der Waals surface area contributed by atoms with Gasteiger partial charge in [-0.05, 0) is 36.2 Å². The van der Waals surface area contributed by atoms with Crippen LogP contribution in [0.2, 0.25) is 0 Å². The number of carbonyl (C=O) groups excluding carboxylic acids is 2. The molecular weight excluding hydrogens is 500 g/mol. The third-order valence-corrected chi connectivity index (χ3v) is 5.60. The van der Waals surface area contributed by atoms with Crippen molar-refractivity contribution in [3.05, 3.63) is 89.5 Å². The van der Waals surface area contributed by atoms with Gasteiger partial charge in [-0.15, -0.1) is 0 Å². The Hall–Kier alpha value is -3.34. The molecule has 0 saturated carbocycles. The van der Waals surface area contributed by atoms with Crippen LogP contribution >= 0.6 is 7.82 Å². The number of nitrogens with two attached hydrogens (primary N) is 1. The van der Waals surface area contributed by atoms with Crippen LogP contribution in [0, 0.1) is 0 Å². The lowest BCUT2D eigenvalue weighted by Gasteiger charge is -2.24. The maximum atomic E-state index is 13.8. The summed E-state index contributed by atoms with van der Waals surface area (Å²) in [5.74, 6) is -1.92. The van der Waals surface area contributed by atoms with E-state index in [0.717, 1.165) is 30.2 Å². The highest BCUT2D eigenvalue weighted by atomic mass is 31.2. The molecule has 0 aliphatic heterocycles. The molecule has 0 aliphatic carbocycles. The Kier molecular flexibility index (Phi) is 7.82. The van der Waals surface area contributed by atoms with Crippen molar-refractivity contribution in [1.29, 1.82) is 0 Å². The van der Waals surface area contributed by atoms with Crippen molar-refractivity contribution in [2.24, 2.45) is 5.73 Å². The quantitative estimate of drug-likeness (QED) is 0.255. The molecule has 0 unspecified atom stereocenters. The second-order valence-corrected chi connectivity index (χ2v) is 9.41. The molecule has 8 nitrogen and oxygen atoms in total. The number of alkyl halides is 3. The molecule has 0 spiro atoms. The van der Waals surface area contributed by atoms with Gasteiger partial charge in [0.15, 0.2) is 5.78 Å². The maximum Gasteiger partial charge on any atom is 0.469 e. The van der Waals surface area contributed by atoms with Gasteiger partial charge in [0.05, 0.1) is 12.2 Å². The van der Waals surface area contributed by atoms with Crippen LogP contribution in [0.5, 0.6) is 0 Å². The fourth-order valence-electron chi connectivity index (χ4n) is 3.21. The van der Waals surface area contributed by atoms with Crippen LogP contribution in [-0.2, 0) is 20.1 Å². The molecule has 0 aromatic heterocycles. The minimum absolute atomic E-state index is 0.0427. The van der Waals surface area contributed by atoms with E-state index >= 15 is 0 Å². The predicted molar refractivity (Wildman–Crippen MR) is 126 cm³/mol. The van der Waals surface area contributed by atoms with Gasteiger partial charge in [-0.1, -0.05) is 54.6 Å². The predicted octanol–water partition coefficient (Wildman–Crippen LogP) is 4.37. The summed E-state index contributed by atoms with van der Waals surface area (Å²) in [5, 5.41) is 2.15. The van der Waals surface area contributed by atoms with Gasteiger partial charge in [-0.25, -0.2) is 4.57 Å². The summed E-state index contributed by atoms with van der Waals surface area (Å²) in [4.78, 5) is 42.9. The van der Waals surface area contributed by atoms with Gasteiger partial charge in [-0.3, -0.25) is 14.1 Å². The molecule has 0 saturated heterocycles. The Morgan fingerprint density at radius 3 is 2.11 bits per heavy atom. The summed E-state index contributed by atoms with van der Waals surface area (Å²) < 4.78 is 56.5. The molecule has 5 N–H and O–H groups in total. The van der Waals surface area contributed by atoms with Gasteiger partial charge in [0.2, 0.25) is 5.91 Å². The first kappa shape index (κ1) is 27.3. The largest absolute Gasteiger partial charge is 0.469 e. The van der Waals surface area contributed by atoms with E-state index in [2.05, 4.69) is 9.84 Å². The van der Waals surface area contributed by atoms with Gasteiger partial charge in [0.1, 0.15) is 5.54 Å². The standard InChI is InChI=1S/C24H22F3N2O6P/c1-23(28,14-35-36(32,33)34)22(31)29-18-11-12-19(20(13-18)24(25,26)27)21(30)17-9-7-16(8-10-17)15-5-3-2-4-6-15/h2-13H,14,28H2,1H3,(H,29,31)(H2,32,33,34)/t23-/m0/s1. The van der Waals surface area contributed by atoms with Crippen LogP contribution in [-0.4, -0.2) is 33.6 Å². The lowest BCUT2D eigenvalue weighted by Crippen LogP contribution is -2.52. The van der Waals surface area contributed by atoms with E-state index in [-0.39, 0.29) is 11.3 Å². The van der Waals surface area contributed by atoms with Gasteiger partial charge >= 0.3 is 14.0 Å². The number of hydrogen-bond donors (Lipinski definition) is 4. The number of anilines is 1. The van der Waals surface area contributed by atoms with Crippen molar-refractivity contribution in [2.75, 3.05) is 11.9 Å². The molecule has 0 fully saturated rings. The van der Waals surface area contributed by atoms with E-state index in [1.54, 1.807) is 12.1 Å². The third kappa shape index (κ3) is 6.87. The summed E-state index contributed by atoms with van der Waals surface area (Å²) in [7, 11) is -4.93. The first-order chi connectivity index (χ1) is 16.7. The number of carbonyl (C=O) groups is 2. The van der Waals surface area contributed by atoms with Gasteiger partial charge in [-0.2, -0.15) is 13.2 Å². The van der Waals surface area contributed by atoms with Crippen molar-refractivity contribution in [3.8, 4) is 11.1 Å². The zero-order chi connectivity index (χ0) is 26.7. The number of halogens is 3. The molecule has 3 rings (SSSR count). The highest BCUT2D eigenvalue weighted by Crippen LogP contribution is 2.37. The van der Waals surface area contributed by atoms with Crippen LogP contribution in [0.25, 0.3) is 11.1 Å². The number of nitrogens with one attached hydrogen (secondary N) is 1. The van der Waals surface area contributed by atoms with E-state index in [1.807, 2.05) is 30.3 Å². The van der Waals surface area contributed by atoms with Crippen LogP contribution in [0.1, 0.15) is 28.4 Å². The monoisotopic (exact) mass is 522 g/mol. The number of rotatable bonds is 8. The van der Waals surface area contributed by atoms with Crippen LogP contribution in [0.15, 0.2) is 72.8 Å². The fraction of sp³-hybridized carbons (Fsp3) is 0.167. The average Bonchev–Trinajstić information content (AvgIpc) is 2.82. The number of hydrogen-bond acceptors (Lipinski definition) is 5. The highest BCUT2D eigenvalue weighted by molar-refractivity contribution is 7.46. The molecule has 1 amide bonds. The van der Waals surface area contributed by atoms with Gasteiger partial charge < -0.3 is 20.8 Å². The molecule has 0 bridgehead atoms. The number of amides is 1. The molecule has 0 aliphatic rings. The van der Waals surface area contributed by atoms with Crippen molar-refractivity contribution < 1.29 is 41.6 Å². The molecule has 190 valence electrons. The first-order valence-corrected chi connectivity index (χ1v) is 11.9. The minimum atomic E-state index is -4.93. The summed E-state index contributed by atoms with van der Waals surface area (Å²) in [6.45, 7) is 0.185. The Bertz CT molecular complexity index is 1310. The van der Waals surface area contributed by atoms with E-state index in [9.17, 15) is 27.3 Å². The second-order valence-electron chi connectivity index (χ2n) is 8.17. The molecule has 1 atom stereocenters. The van der Waals surface area contributed by atoms with Crippen molar-refractivity contribution in [3.63, 3.8) is 0 Å². The van der Waals surface area contributed by atoms with Crippen LogP contribution < -0.4 is 11.1 Å². The Balaban J connectivity index is 1.86. The topological polar surface area (TPSA) is 139 Å². The molecule has 36 heavy (non-hydrogen) atoms. The van der Waals surface area contributed by atoms with E-state index in [0.29, 0.717) is 6.07 Å².